The van der Waals surface area contributed by atoms with Gasteiger partial charge in [0.2, 0.25) is 0 Å². The van der Waals surface area contributed by atoms with Gasteiger partial charge in [0.25, 0.3) is 0 Å². The lowest BCUT2D eigenvalue weighted by molar-refractivity contribution is -0.153. The van der Waals surface area contributed by atoms with Crippen molar-refractivity contribution in [1.82, 2.24) is 0 Å². The predicted octanol–water partition coefficient (Wildman–Crippen LogP) is 6.63. The molecule has 2 heterocycles. The van der Waals surface area contributed by atoms with Crippen molar-refractivity contribution in [2.45, 2.75) is 98.2 Å². The van der Waals surface area contributed by atoms with Crippen LogP contribution in [0.3, 0.4) is 0 Å². The quantitative estimate of drug-likeness (QED) is 0.431. The van der Waals surface area contributed by atoms with Crippen molar-refractivity contribution in [3.05, 3.63) is 46.6 Å². The number of carbonyl (C=O) groups excluding carboxylic acids is 2. The summed E-state index contributed by atoms with van der Waals surface area (Å²) in [6.07, 6.45) is 15.6. The first kappa shape index (κ1) is 23.6. The Morgan fingerprint density at radius 3 is 2.53 bits per heavy atom. The molecule has 0 aromatic heterocycles. The molecule has 5 rings (SSSR count). The van der Waals surface area contributed by atoms with Gasteiger partial charge in [0.15, 0.2) is 0 Å². The molecule has 0 amide bonds. The predicted molar refractivity (Wildman–Crippen MR) is 133 cm³/mol. The highest BCUT2D eigenvalue weighted by Gasteiger charge is 2.60. The van der Waals surface area contributed by atoms with Crippen LogP contribution in [0.1, 0.15) is 86.5 Å². The van der Waals surface area contributed by atoms with Crippen LogP contribution in [0.4, 0.5) is 0 Å². The second kappa shape index (κ2) is 7.96. The van der Waals surface area contributed by atoms with Gasteiger partial charge in [0, 0.05) is 24.0 Å². The van der Waals surface area contributed by atoms with Gasteiger partial charge >= 0.3 is 11.9 Å². The standard InChI is InChI=1S/C30H40O4/c1-18-7-11-25(33-27(18)32)19(2)22-14-16-30(6)24-10-9-23-20(8-12-26(31)34-28(23,3)4)17-21(24)13-15-29(22,30)5/h7-8,12,17,19,22-23,25H,9-11,13-16H2,1-6H3. The summed E-state index contributed by atoms with van der Waals surface area (Å²) in [5, 5.41) is 0. The normalized spacial score (nSPS) is 40.0. The topological polar surface area (TPSA) is 52.6 Å². The molecule has 6 unspecified atom stereocenters. The molecule has 6 atom stereocenters. The fourth-order valence-corrected chi connectivity index (χ4v) is 8.19. The highest BCUT2D eigenvalue weighted by molar-refractivity contribution is 5.88. The lowest BCUT2D eigenvalue weighted by Gasteiger charge is -2.52. The molecule has 2 aliphatic heterocycles. The van der Waals surface area contributed by atoms with Crippen LogP contribution in [0.5, 0.6) is 0 Å². The van der Waals surface area contributed by atoms with Crippen molar-refractivity contribution in [2.24, 2.45) is 28.6 Å². The zero-order chi connectivity index (χ0) is 24.5. The lowest BCUT2D eigenvalue weighted by Crippen LogP contribution is -2.46. The Morgan fingerprint density at radius 1 is 1.03 bits per heavy atom. The van der Waals surface area contributed by atoms with E-state index in [2.05, 4.69) is 46.8 Å². The molecule has 0 N–H and O–H groups in total. The number of allylic oxidation sites excluding steroid dienone is 4. The molecule has 1 fully saturated rings. The minimum absolute atomic E-state index is 0.0146. The van der Waals surface area contributed by atoms with Crippen LogP contribution in [0.25, 0.3) is 0 Å². The Bertz CT molecular complexity index is 1040. The molecule has 0 spiro atoms. The van der Waals surface area contributed by atoms with E-state index in [9.17, 15) is 9.59 Å². The molecule has 184 valence electrons. The first-order valence-electron chi connectivity index (χ1n) is 13.2. The second-order valence-corrected chi connectivity index (χ2v) is 12.4. The van der Waals surface area contributed by atoms with Crippen molar-refractivity contribution in [1.29, 1.82) is 0 Å². The zero-order valence-electron chi connectivity index (χ0n) is 21.7. The minimum Gasteiger partial charge on any atom is -0.458 e. The molecule has 0 aromatic rings. The number of carbonyl (C=O) groups is 2. The Balaban J connectivity index is 1.47. The summed E-state index contributed by atoms with van der Waals surface area (Å²) in [5.74, 6) is 0.711. The van der Waals surface area contributed by atoms with E-state index in [0.717, 1.165) is 37.7 Å². The van der Waals surface area contributed by atoms with Crippen LogP contribution in [-0.4, -0.2) is 23.6 Å². The Kier molecular flexibility index (Phi) is 5.53. The van der Waals surface area contributed by atoms with Gasteiger partial charge in [0.05, 0.1) is 0 Å². The van der Waals surface area contributed by atoms with E-state index in [4.69, 9.17) is 9.47 Å². The average Bonchev–Trinajstić information content (AvgIpc) is 2.88. The van der Waals surface area contributed by atoms with Crippen LogP contribution in [0.15, 0.2) is 46.6 Å². The maximum Gasteiger partial charge on any atom is 0.333 e. The number of cyclic esters (lactones) is 2. The molecule has 4 heteroatoms. The Morgan fingerprint density at radius 2 is 1.79 bits per heavy atom. The smallest absolute Gasteiger partial charge is 0.333 e. The third-order valence-electron chi connectivity index (χ3n) is 10.5. The first-order valence-corrected chi connectivity index (χ1v) is 13.2. The van der Waals surface area contributed by atoms with Gasteiger partial charge in [-0.1, -0.05) is 44.6 Å². The van der Waals surface area contributed by atoms with E-state index in [0.29, 0.717) is 11.8 Å². The molecule has 3 aliphatic carbocycles. The number of hydrogen-bond donors (Lipinski definition) is 0. The maximum absolute atomic E-state index is 12.3. The molecular formula is C30H40O4. The van der Waals surface area contributed by atoms with Crippen LogP contribution in [-0.2, 0) is 19.1 Å². The number of hydrogen-bond acceptors (Lipinski definition) is 4. The molecule has 0 saturated heterocycles. The van der Waals surface area contributed by atoms with E-state index >= 15 is 0 Å². The van der Waals surface area contributed by atoms with Crippen molar-refractivity contribution in [3.8, 4) is 0 Å². The molecule has 0 bridgehead atoms. The van der Waals surface area contributed by atoms with Gasteiger partial charge in [0.1, 0.15) is 11.7 Å². The van der Waals surface area contributed by atoms with E-state index in [-0.39, 0.29) is 34.8 Å². The van der Waals surface area contributed by atoms with Gasteiger partial charge in [-0.05, 0) is 93.1 Å². The van der Waals surface area contributed by atoms with E-state index < -0.39 is 5.60 Å². The lowest BCUT2D eigenvalue weighted by atomic mass is 9.52. The number of fused-ring (bicyclic) bond motifs is 3. The molecule has 34 heavy (non-hydrogen) atoms. The third kappa shape index (κ3) is 3.46. The number of rotatable bonds is 2. The highest BCUT2D eigenvalue weighted by atomic mass is 16.6. The fourth-order valence-electron chi connectivity index (χ4n) is 8.19. The van der Waals surface area contributed by atoms with Gasteiger partial charge in [-0.2, -0.15) is 0 Å². The van der Waals surface area contributed by atoms with Gasteiger partial charge in [-0.3, -0.25) is 0 Å². The maximum atomic E-state index is 12.3. The van der Waals surface area contributed by atoms with Crippen LogP contribution >= 0.6 is 0 Å². The largest absolute Gasteiger partial charge is 0.458 e. The van der Waals surface area contributed by atoms with Crippen molar-refractivity contribution in [3.63, 3.8) is 0 Å². The summed E-state index contributed by atoms with van der Waals surface area (Å²) in [6, 6.07) is 0. The summed E-state index contributed by atoms with van der Waals surface area (Å²) < 4.78 is 11.7. The van der Waals surface area contributed by atoms with Crippen molar-refractivity contribution < 1.29 is 19.1 Å². The SMILES string of the molecule is CC1=CCC(C(C)C2CCC3(C)C4=C(C=C5C=CC(=O)OC(C)(C)C5CC4)CCC23C)OC1=O. The minimum atomic E-state index is -0.505. The summed E-state index contributed by atoms with van der Waals surface area (Å²) in [4.78, 5) is 24.4. The zero-order valence-corrected chi connectivity index (χ0v) is 21.7. The monoisotopic (exact) mass is 464 g/mol. The Labute approximate surface area is 204 Å². The molecular weight excluding hydrogens is 424 g/mol. The molecule has 5 aliphatic rings. The summed E-state index contributed by atoms with van der Waals surface area (Å²) in [7, 11) is 0. The van der Waals surface area contributed by atoms with Crippen LogP contribution in [0.2, 0.25) is 0 Å². The summed E-state index contributed by atoms with van der Waals surface area (Å²) in [6.45, 7) is 13.3. The fraction of sp³-hybridized carbons (Fsp3) is 0.667. The third-order valence-corrected chi connectivity index (χ3v) is 10.5. The first-order chi connectivity index (χ1) is 16.0. The van der Waals surface area contributed by atoms with Gasteiger partial charge < -0.3 is 9.47 Å². The molecule has 4 nitrogen and oxygen atoms in total. The number of ether oxygens (including phenoxy) is 2. The Hall–Kier alpha value is -2.10. The average molecular weight is 465 g/mol. The van der Waals surface area contributed by atoms with Crippen molar-refractivity contribution in [2.75, 3.05) is 0 Å². The number of esters is 2. The van der Waals surface area contributed by atoms with Crippen molar-refractivity contribution >= 4 is 11.9 Å². The van der Waals surface area contributed by atoms with E-state index in [1.165, 1.54) is 24.0 Å². The highest BCUT2D eigenvalue weighted by Crippen LogP contribution is 2.68. The summed E-state index contributed by atoms with van der Waals surface area (Å²) >= 11 is 0. The summed E-state index contributed by atoms with van der Waals surface area (Å²) in [5.41, 5.74) is 4.93. The van der Waals surface area contributed by atoms with Gasteiger partial charge in [-0.25, -0.2) is 9.59 Å². The molecule has 0 aromatic carbocycles. The van der Waals surface area contributed by atoms with Crippen LogP contribution in [0, 0.1) is 28.6 Å². The molecule has 1 saturated carbocycles. The molecule has 0 radical (unpaired) electrons. The van der Waals surface area contributed by atoms with Gasteiger partial charge in [-0.15, -0.1) is 0 Å². The second-order valence-electron chi connectivity index (χ2n) is 12.4. The van der Waals surface area contributed by atoms with E-state index in [1.54, 1.807) is 11.6 Å². The van der Waals surface area contributed by atoms with E-state index in [1.807, 2.05) is 13.0 Å². The van der Waals surface area contributed by atoms with Crippen LogP contribution < -0.4 is 0 Å².